The molecule has 0 aliphatic heterocycles. The summed E-state index contributed by atoms with van der Waals surface area (Å²) >= 11 is 0. The molecule has 3 N–H and O–H groups in total. The molecule has 0 spiro atoms. The van der Waals surface area contributed by atoms with Gasteiger partial charge in [0.25, 0.3) is 0 Å². The summed E-state index contributed by atoms with van der Waals surface area (Å²) in [5.41, 5.74) is -0.0276. The SMILES string of the molecule is COCc1cc(=O)[nH]cc1-c1ccc(CC(=O)Nc2ccc(OCCO)c(C(F)(F)F)c2)c(F)c1. The molecule has 1 aromatic heterocycles. The molecular weight excluding hydrogens is 472 g/mol. The highest BCUT2D eigenvalue weighted by molar-refractivity contribution is 5.92. The van der Waals surface area contributed by atoms with Crippen molar-refractivity contribution in [2.24, 2.45) is 0 Å². The molecule has 1 amide bonds. The van der Waals surface area contributed by atoms with Crippen LogP contribution >= 0.6 is 0 Å². The van der Waals surface area contributed by atoms with Crippen LogP contribution in [0, 0.1) is 5.82 Å². The van der Waals surface area contributed by atoms with Gasteiger partial charge in [-0.05, 0) is 41.0 Å². The Morgan fingerprint density at radius 1 is 1.11 bits per heavy atom. The molecule has 1 heterocycles. The number of aromatic nitrogens is 1. The van der Waals surface area contributed by atoms with E-state index in [1.165, 1.54) is 37.6 Å². The van der Waals surface area contributed by atoms with Crippen LogP contribution in [0.15, 0.2) is 53.5 Å². The Balaban J connectivity index is 1.77. The molecule has 0 aliphatic rings. The van der Waals surface area contributed by atoms with Gasteiger partial charge >= 0.3 is 6.18 Å². The van der Waals surface area contributed by atoms with Crippen molar-refractivity contribution >= 4 is 11.6 Å². The number of halogens is 4. The number of aliphatic hydroxyl groups excluding tert-OH is 1. The average Bonchev–Trinajstić information content (AvgIpc) is 2.79. The number of anilines is 1. The molecule has 0 saturated heterocycles. The molecule has 2 aromatic carbocycles. The Morgan fingerprint density at radius 2 is 1.89 bits per heavy atom. The van der Waals surface area contributed by atoms with Crippen molar-refractivity contribution in [1.29, 1.82) is 0 Å². The van der Waals surface area contributed by atoms with Gasteiger partial charge in [-0.2, -0.15) is 13.2 Å². The third-order valence-corrected chi connectivity index (χ3v) is 4.94. The van der Waals surface area contributed by atoms with Gasteiger partial charge in [-0.1, -0.05) is 12.1 Å². The van der Waals surface area contributed by atoms with Crippen LogP contribution in [-0.4, -0.2) is 36.3 Å². The lowest BCUT2D eigenvalue weighted by molar-refractivity contribution is -0.139. The number of carbonyl (C=O) groups is 1. The van der Waals surface area contributed by atoms with Crippen molar-refractivity contribution in [3.63, 3.8) is 0 Å². The molecular formula is C24H22F4N2O5. The molecule has 0 fully saturated rings. The fourth-order valence-electron chi connectivity index (χ4n) is 3.40. The van der Waals surface area contributed by atoms with E-state index in [0.717, 1.165) is 6.07 Å². The van der Waals surface area contributed by atoms with Crippen molar-refractivity contribution in [1.82, 2.24) is 4.98 Å². The second kappa shape index (κ2) is 11.2. The van der Waals surface area contributed by atoms with E-state index in [-0.39, 0.29) is 30.0 Å². The largest absolute Gasteiger partial charge is 0.491 e. The summed E-state index contributed by atoms with van der Waals surface area (Å²) in [6.07, 6.45) is -3.74. The number of carbonyl (C=O) groups excluding carboxylic acids is 1. The lowest BCUT2D eigenvalue weighted by Crippen LogP contribution is -2.17. The minimum Gasteiger partial charge on any atom is -0.491 e. The molecule has 0 bridgehead atoms. The van der Waals surface area contributed by atoms with Gasteiger partial charge in [0.2, 0.25) is 11.5 Å². The molecule has 7 nitrogen and oxygen atoms in total. The van der Waals surface area contributed by atoms with Crippen molar-refractivity contribution in [2.75, 3.05) is 25.6 Å². The van der Waals surface area contributed by atoms with Crippen molar-refractivity contribution in [2.45, 2.75) is 19.2 Å². The fourth-order valence-corrected chi connectivity index (χ4v) is 3.40. The van der Waals surface area contributed by atoms with Gasteiger partial charge in [0, 0.05) is 30.6 Å². The number of ether oxygens (including phenoxy) is 2. The van der Waals surface area contributed by atoms with Crippen molar-refractivity contribution in [3.05, 3.63) is 81.5 Å². The average molecular weight is 494 g/mol. The van der Waals surface area contributed by atoms with Gasteiger partial charge in [0.15, 0.2) is 0 Å². The zero-order valence-corrected chi connectivity index (χ0v) is 18.5. The number of benzene rings is 2. The lowest BCUT2D eigenvalue weighted by atomic mass is 9.99. The number of pyridine rings is 1. The first-order valence-corrected chi connectivity index (χ1v) is 10.4. The first kappa shape index (κ1) is 25.9. The number of alkyl halides is 3. The highest BCUT2D eigenvalue weighted by Gasteiger charge is 2.35. The number of H-pyrrole nitrogens is 1. The summed E-state index contributed by atoms with van der Waals surface area (Å²) in [5.74, 6) is -1.91. The van der Waals surface area contributed by atoms with Crippen LogP contribution in [0.5, 0.6) is 5.75 Å². The van der Waals surface area contributed by atoms with E-state index in [0.29, 0.717) is 22.8 Å². The minimum absolute atomic E-state index is 0.0305. The van der Waals surface area contributed by atoms with Crippen LogP contribution < -0.4 is 15.6 Å². The number of aliphatic hydroxyl groups is 1. The van der Waals surface area contributed by atoms with Crippen LogP contribution in [0.2, 0.25) is 0 Å². The number of rotatable bonds is 9. The zero-order valence-electron chi connectivity index (χ0n) is 18.5. The zero-order chi connectivity index (χ0) is 25.6. The highest BCUT2D eigenvalue weighted by Crippen LogP contribution is 2.38. The summed E-state index contributed by atoms with van der Waals surface area (Å²) in [4.78, 5) is 26.5. The summed E-state index contributed by atoms with van der Waals surface area (Å²) < 4.78 is 64.7. The second-order valence-corrected chi connectivity index (χ2v) is 7.48. The first-order chi connectivity index (χ1) is 16.6. The molecule has 35 heavy (non-hydrogen) atoms. The van der Waals surface area contributed by atoms with E-state index in [4.69, 9.17) is 14.6 Å². The molecule has 186 valence electrons. The maximum atomic E-state index is 14.8. The number of aromatic amines is 1. The van der Waals surface area contributed by atoms with E-state index in [2.05, 4.69) is 10.3 Å². The smallest absolute Gasteiger partial charge is 0.420 e. The van der Waals surface area contributed by atoms with Gasteiger partial charge in [-0.15, -0.1) is 0 Å². The summed E-state index contributed by atoms with van der Waals surface area (Å²) in [5, 5.41) is 11.1. The Morgan fingerprint density at radius 3 is 2.54 bits per heavy atom. The maximum Gasteiger partial charge on any atom is 0.420 e. The molecule has 3 rings (SSSR count). The Labute approximate surface area is 197 Å². The number of hydrogen-bond donors (Lipinski definition) is 3. The molecule has 11 heteroatoms. The molecule has 0 unspecified atom stereocenters. The number of methoxy groups -OCH3 is 1. The van der Waals surface area contributed by atoms with Crippen LogP contribution in [0.3, 0.4) is 0 Å². The van der Waals surface area contributed by atoms with E-state index < -0.39 is 42.2 Å². The van der Waals surface area contributed by atoms with Crippen LogP contribution in [-0.2, 0) is 28.7 Å². The monoisotopic (exact) mass is 494 g/mol. The predicted molar refractivity (Wildman–Crippen MR) is 120 cm³/mol. The second-order valence-electron chi connectivity index (χ2n) is 7.48. The molecule has 0 atom stereocenters. The van der Waals surface area contributed by atoms with E-state index in [9.17, 15) is 27.2 Å². The maximum absolute atomic E-state index is 14.8. The summed E-state index contributed by atoms with van der Waals surface area (Å²) in [6.45, 7) is -0.652. The summed E-state index contributed by atoms with van der Waals surface area (Å²) in [6, 6.07) is 8.44. The normalized spacial score (nSPS) is 11.4. The third-order valence-electron chi connectivity index (χ3n) is 4.94. The van der Waals surface area contributed by atoms with Crippen LogP contribution in [0.25, 0.3) is 11.1 Å². The van der Waals surface area contributed by atoms with Gasteiger partial charge in [0.05, 0.1) is 25.2 Å². The van der Waals surface area contributed by atoms with E-state index in [1.807, 2.05) is 0 Å². The predicted octanol–water partition coefficient (Wildman–Crippen LogP) is 3.90. The first-order valence-electron chi connectivity index (χ1n) is 10.4. The molecule has 3 aromatic rings. The van der Waals surface area contributed by atoms with Gasteiger partial charge in [0.1, 0.15) is 18.2 Å². The van der Waals surface area contributed by atoms with E-state index >= 15 is 0 Å². The van der Waals surface area contributed by atoms with Gasteiger partial charge in [-0.3, -0.25) is 9.59 Å². The van der Waals surface area contributed by atoms with Crippen LogP contribution in [0.4, 0.5) is 23.2 Å². The molecule has 0 aliphatic carbocycles. The molecule has 0 saturated carbocycles. The van der Waals surface area contributed by atoms with Gasteiger partial charge in [-0.25, -0.2) is 4.39 Å². The minimum atomic E-state index is -4.75. The number of nitrogens with one attached hydrogen (secondary N) is 2. The quantitative estimate of drug-likeness (QED) is 0.392. The van der Waals surface area contributed by atoms with Gasteiger partial charge < -0.3 is 24.9 Å². The summed E-state index contributed by atoms with van der Waals surface area (Å²) in [7, 11) is 1.46. The van der Waals surface area contributed by atoms with E-state index in [1.54, 1.807) is 6.07 Å². The molecule has 0 radical (unpaired) electrons. The highest BCUT2D eigenvalue weighted by atomic mass is 19.4. The third kappa shape index (κ3) is 6.67. The number of hydrogen-bond acceptors (Lipinski definition) is 5. The topological polar surface area (TPSA) is 101 Å². The number of amides is 1. The standard InChI is InChI=1S/C24H22F4N2O5/c1-34-13-16-10-22(32)29-12-18(16)14-2-3-15(20(25)8-14)9-23(33)30-17-4-5-21(35-7-6-31)19(11-17)24(26,27)28/h2-5,8,10-12,31H,6-7,9,13H2,1H3,(H,29,32)(H,30,33). The van der Waals surface area contributed by atoms with Crippen molar-refractivity contribution < 1.29 is 36.9 Å². The van der Waals surface area contributed by atoms with Crippen molar-refractivity contribution in [3.8, 4) is 16.9 Å². The van der Waals surface area contributed by atoms with Crippen LogP contribution in [0.1, 0.15) is 16.7 Å². The Kier molecular flexibility index (Phi) is 8.26. The lowest BCUT2D eigenvalue weighted by Gasteiger charge is -2.15. The Hall–Kier alpha value is -3.70. The Bertz CT molecular complexity index is 1260. The fraction of sp³-hybridized carbons (Fsp3) is 0.250.